The first-order valence-corrected chi connectivity index (χ1v) is 10.1. The number of hydrogen-bond donors (Lipinski definition) is 1. The number of nitrogens with one attached hydrogen (secondary N) is 1. The zero-order valence-electron chi connectivity index (χ0n) is 14.7. The van der Waals surface area contributed by atoms with Crippen LogP contribution in [0.5, 0.6) is 0 Å². The van der Waals surface area contributed by atoms with Gasteiger partial charge in [0.15, 0.2) is 11.6 Å². The number of nitriles is 1. The van der Waals surface area contributed by atoms with E-state index in [1.807, 2.05) is 22.6 Å². The van der Waals surface area contributed by atoms with Gasteiger partial charge in [-0.15, -0.1) is 0 Å². The normalized spacial score (nSPS) is 11.9. The lowest BCUT2D eigenvalue weighted by molar-refractivity contribution is -0.117. The number of anilines is 1. The average molecular weight is 574 g/mol. The van der Waals surface area contributed by atoms with Gasteiger partial charge in [0, 0.05) is 11.6 Å². The number of aromatic nitrogens is 3. The summed E-state index contributed by atoms with van der Waals surface area (Å²) in [4.78, 5) is 28.7. The number of nitrogens with zero attached hydrogens (tertiary/aromatic N) is 4. The van der Waals surface area contributed by atoms with Crippen molar-refractivity contribution in [2.75, 3.05) is 5.32 Å². The molecule has 0 aliphatic rings. The Morgan fingerprint density at radius 1 is 1.45 bits per heavy atom. The lowest BCUT2D eigenvalue weighted by atomic mass is 10.1. The molecule has 2 heterocycles. The SMILES string of the molecule is CC(I)c1nn(CC(=O)Nc2ncc(C#N)cc2F)c(=O)c2ccc(Br)c(F)c12. The Morgan fingerprint density at radius 3 is 2.79 bits per heavy atom. The topological polar surface area (TPSA) is 101 Å². The molecule has 1 aromatic carbocycles. The van der Waals surface area contributed by atoms with Crippen molar-refractivity contribution in [3.63, 3.8) is 0 Å². The molecule has 0 aliphatic carbocycles. The number of hydrogen-bond acceptors (Lipinski definition) is 5. The molecule has 0 saturated heterocycles. The fourth-order valence-corrected chi connectivity index (χ4v) is 3.39. The van der Waals surface area contributed by atoms with Crippen molar-refractivity contribution in [2.24, 2.45) is 0 Å². The van der Waals surface area contributed by atoms with Crippen LogP contribution in [0.2, 0.25) is 0 Å². The third kappa shape index (κ3) is 4.27. The van der Waals surface area contributed by atoms with Crippen LogP contribution in [0.1, 0.15) is 22.1 Å². The molecule has 1 N–H and O–H groups in total. The minimum absolute atomic E-state index is 0.00165. The standard InChI is InChI=1S/C18H11BrF2IN5O2/c1-8(22)16-14-10(2-3-11(19)15(14)21)18(29)27(26-16)7-13(28)25-17-12(20)4-9(5-23)6-24-17/h2-4,6,8H,7H2,1H3,(H,24,25,28). The fraction of sp³-hybridized carbons (Fsp3) is 0.167. The molecular weight excluding hydrogens is 563 g/mol. The minimum Gasteiger partial charge on any atom is -0.307 e. The molecule has 0 saturated carbocycles. The molecule has 0 aliphatic heterocycles. The van der Waals surface area contributed by atoms with Crippen LogP contribution in [0.3, 0.4) is 0 Å². The van der Waals surface area contributed by atoms with Crippen LogP contribution in [-0.2, 0) is 11.3 Å². The highest BCUT2D eigenvalue weighted by Gasteiger charge is 2.20. The van der Waals surface area contributed by atoms with Gasteiger partial charge in [0.05, 0.1) is 25.0 Å². The van der Waals surface area contributed by atoms with Gasteiger partial charge in [0.25, 0.3) is 5.56 Å². The van der Waals surface area contributed by atoms with Crippen LogP contribution in [0.15, 0.2) is 33.7 Å². The van der Waals surface area contributed by atoms with Crippen molar-refractivity contribution in [2.45, 2.75) is 17.4 Å². The summed E-state index contributed by atoms with van der Waals surface area (Å²) in [7, 11) is 0. The first kappa shape index (κ1) is 21.3. The first-order valence-electron chi connectivity index (χ1n) is 8.11. The van der Waals surface area contributed by atoms with E-state index in [1.165, 1.54) is 12.1 Å². The Labute approximate surface area is 185 Å². The number of carbonyl (C=O) groups excluding carboxylic acids is 1. The number of alkyl halides is 1. The van der Waals surface area contributed by atoms with E-state index >= 15 is 0 Å². The molecule has 1 unspecified atom stereocenters. The molecule has 11 heteroatoms. The van der Waals surface area contributed by atoms with Gasteiger partial charge in [-0.1, -0.05) is 22.6 Å². The van der Waals surface area contributed by atoms with Crippen LogP contribution >= 0.6 is 38.5 Å². The highest BCUT2D eigenvalue weighted by atomic mass is 127. The third-order valence-electron chi connectivity index (χ3n) is 3.94. The van der Waals surface area contributed by atoms with E-state index in [2.05, 4.69) is 31.3 Å². The molecule has 29 heavy (non-hydrogen) atoms. The summed E-state index contributed by atoms with van der Waals surface area (Å²) in [5.41, 5.74) is -0.355. The monoisotopic (exact) mass is 573 g/mol. The zero-order chi connectivity index (χ0) is 21.3. The van der Waals surface area contributed by atoms with E-state index in [4.69, 9.17) is 5.26 Å². The van der Waals surface area contributed by atoms with E-state index in [-0.39, 0.29) is 30.6 Å². The maximum atomic E-state index is 14.6. The molecule has 1 atom stereocenters. The summed E-state index contributed by atoms with van der Waals surface area (Å²) >= 11 is 5.13. The highest BCUT2D eigenvalue weighted by Crippen LogP contribution is 2.31. The van der Waals surface area contributed by atoms with Gasteiger partial charge < -0.3 is 5.32 Å². The van der Waals surface area contributed by atoms with Gasteiger partial charge in [0.1, 0.15) is 18.4 Å². The maximum Gasteiger partial charge on any atom is 0.275 e. The molecule has 148 valence electrons. The van der Waals surface area contributed by atoms with Crippen molar-refractivity contribution in [1.82, 2.24) is 14.8 Å². The quantitative estimate of drug-likeness (QED) is 0.377. The van der Waals surface area contributed by atoms with Crippen LogP contribution in [0.4, 0.5) is 14.6 Å². The molecule has 0 bridgehead atoms. The summed E-state index contributed by atoms with van der Waals surface area (Å²) < 4.78 is 29.4. The predicted molar refractivity (Wildman–Crippen MR) is 114 cm³/mol. The lowest BCUT2D eigenvalue weighted by Gasteiger charge is -2.13. The molecule has 7 nitrogen and oxygen atoms in total. The summed E-state index contributed by atoms with van der Waals surface area (Å²) in [5, 5.41) is 15.3. The van der Waals surface area contributed by atoms with E-state index in [9.17, 15) is 18.4 Å². The Bertz CT molecular complexity index is 1240. The van der Waals surface area contributed by atoms with Gasteiger partial charge in [-0.25, -0.2) is 18.4 Å². The molecule has 0 spiro atoms. The van der Waals surface area contributed by atoms with E-state index < -0.39 is 29.6 Å². The third-order valence-corrected chi connectivity index (χ3v) is 5.14. The summed E-state index contributed by atoms with van der Waals surface area (Å²) in [6.07, 6.45) is 1.11. The minimum atomic E-state index is -0.885. The molecular formula is C18H11BrF2IN5O2. The molecule has 0 radical (unpaired) electrons. The number of amides is 1. The second-order valence-electron chi connectivity index (χ2n) is 5.96. The Morgan fingerprint density at radius 2 is 2.17 bits per heavy atom. The van der Waals surface area contributed by atoms with E-state index in [0.717, 1.165) is 16.9 Å². The van der Waals surface area contributed by atoms with Gasteiger partial charge in [0.2, 0.25) is 5.91 Å². The Hall–Kier alpha value is -2.46. The van der Waals surface area contributed by atoms with Gasteiger partial charge in [-0.3, -0.25) is 9.59 Å². The number of pyridine rings is 1. The zero-order valence-corrected chi connectivity index (χ0v) is 18.5. The highest BCUT2D eigenvalue weighted by molar-refractivity contribution is 14.1. The number of fused-ring (bicyclic) bond motifs is 1. The fourth-order valence-electron chi connectivity index (χ4n) is 2.63. The molecule has 1 amide bonds. The van der Waals surface area contributed by atoms with Crippen molar-refractivity contribution in [3.8, 4) is 6.07 Å². The average Bonchev–Trinajstić information content (AvgIpc) is 2.68. The number of halogens is 4. The summed E-state index contributed by atoms with van der Waals surface area (Å²) in [6, 6.07) is 5.52. The van der Waals surface area contributed by atoms with E-state index in [1.54, 1.807) is 13.0 Å². The Balaban J connectivity index is 1.99. The van der Waals surface area contributed by atoms with Crippen molar-refractivity contribution >= 4 is 61.0 Å². The van der Waals surface area contributed by atoms with Crippen LogP contribution < -0.4 is 10.9 Å². The smallest absolute Gasteiger partial charge is 0.275 e. The molecule has 0 fully saturated rings. The molecule has 3 aromatic rings. The lowest BCUT2D eigenvalue weighted by Crippen LogP contribution is -2.31. The molecule has 3 rings (SSSR count). The maximum absolute atomic E-state index is 14.6. The van der Waals surface area contributed by atoms with Gasteiger partial charge >= 0.3 is 0 Å². The van der Waals surface area contributed by atoms with Crippen molar-refractivity contribution in [1.29, 1.82) is 5.26 Å². The van der Waals surface area contributed by atoms with Crippen molar-refractivity contribution < 1.29 is 13.6 Å². The first-order chi connectivity index (χ1) is 13.7. The summed E-state index contributed by atoms with van der Waals surface area (Å²) in [6.45, 7) is 1.25. The molecule has 2 aromatic heterocycles. The second-order valence-corrected chi connectivity index (χ2v) is 8.69. The number of rotatable bonds is 4. The van der Waals surface area contributed by atoms with Crippen LogP contribution in [0.25, 0.3) is 10.8 Å². The number of carbonyl (C=O) groups is 1. The second kappa shape index (κ2) is 8.50. The summed E-state index contributed by atoms with van der Waals surface area (Å²) in [5.74, 6) is -2.62. The van der Waals surface area contributed by atoms with Crippen LogP contribution in [0, 0.1) is 23.0 Å². The van der Waals surface area contributed by atoms with Crippen molar-refractivity contribution in [3.05, 3.63) is 62.1 Å². The van der Waals surface area contributed by atoms with Crippen LogP contribution in [-0.4, -0.2) is 20.7 Å². The predicted octanol–water partition coefficient (Wildman–Crippen LogP) is 3.84. The Kier molecular flexibility index (Phi) is 6.23. The van der Waals surface area contributed by atoms with E-state index in [0.29, 0.717) is 5.69 Å². The van der Waals surface area contributed by atoms with Gasteiger partial charge in [-0.2, -0.15) is 10.4 Å². The largest absolute Gasteiger partial charge is 0.307 e. The van der Waals surface area contributed by atoms with Gasteiger partial charge in [-0.05, 0) is 41.1 Å². The number of benzene rings is 1.